The Morgan fingerprint density at radius 3 is 1.84 bits per heavy atom. The Balaban J connectivity index is 2.33. The zero-order chi connectivity index (χ0) is 18.1. The quantitative estimate of drug-likeness (QED) is 0.505. The fraction of sp³-hybridized carbons (Fsp3) is 0.350. The van der Waals surface area contributed by atoms with E-state index < -0.39 is 17.9 Å². The van der Waals surface area contributed by atoms with Crippen LogP contribution in [0.3, 0.4) is 0 Å². The highest BCUT2D eigenvalue weighted by Gasteiger charge is 2.51. The molecule has 2 aromatic rings. The molecule has 2 rings (SSSR count). The third-order valence-corrected chi connectivity index (χ3v) is 3.84. The highest BCUT2D eigenvalue weighted by Crippen LogP contribution is 2.28. The number of benzene rings is 2. The van der Waals surface area contributed by atoms with Crippen LogP contribution in [0.15, 0.2) is 60.7 Å². The van der Waals surface area contributed by atoms with Crippen LogP contribution in [-0.2, 0) is 4.79 Å². The lowest BCUT2D eigenvalue weighted by Gasteiger charge is -2.34. The number of carbonyl (C=O) groups is 1. The molecular formula is C20H24O5. The Morgan fingerprint density at radius 1 is 0.960 bits per heavy atom. The summed E-state index contributed by atoms with van der Waals surface area (Å²) in [5, 5.41) is 20.5. The van der Waals surface area contributed by atoms with E-state index >= 15 is 0 Å². The van der Waals surface area contributed by atoms with Crippen LogP contribution in [-0.4, -0.2) is 28.1 Å². The van der Waals surface area contributed by atoms with E-state index in [1.54, 1.807) is 60.7 Å². The van der Waals surface area contributed by atoms with Crippen LogP contribution in [0.2, 0.25) is 0 Å². The van der Waals surface area contributed by atoms with Gasteiger partial charge in [-0.2, -0.15) is 0 Å². The molecule has 0 fully saturated rings. The van der Waals surface area contributed by atoms with Gasteiger partial charge in [-0.05, 0) is 30.7 Å². The Bertz CT molecular complexity index is 600. The lowest BCUT2D eigenvalue weighted by atomic mass is 10.0. The lowest BCUT2D eigenvalue weighted by Crippen LogP contribution is -2.59. The number of unbranched alkanes of at least 4 members (excludes halogenated alkanes) is 2. The summed E-state index contributed by atoms with van der Waals surface area (Å²) in [7, 11) is 0. The molecule has 0 saturated carbocycles. The van der Waals surface area contributed by atoms with Crippen LogP contribution < -0.4 is 9.47 Å². The average molecular weight is 344 g/mol. The standard InChI is InChI=1S/C20H24O5/c1-2-3-6-15-18(21)20(19(22)23,24-16-11-7-4-8-12-16)25-17-13-9-5-10-14-17/h4-5,7-14,18,21H,2-3,6,15H2,1H3,(H,22,23). The number of hydrogen-bond donors (Lipinski definition) is 2. The van der Waals surface area contributed by atoms with Crippen molar-refractivity contribution in [3.8, 4) is 11.5 Å². The zero-order valence-corrected chi connectivity index (χ0v) is 14.3. The molecule has 0 aliphatic heterocycles. The van der Waals surface area contributed by atoms with Gasteiger partial charge >= 0.3 is 11.8 Å². The van der Waals surface area contributed by atoms with Crippen molar-refractivity contribution >= 4 is 5.97 Å². The molecule has 25 heavy (non-hydrogen) atoms. The molecule has 0 aromatic heterocycles. The SMILES string of the molecule is CCCCCC(O)C(Oc1ccccc1)(Oc1ccccc1)C(=O)O. The number of para-hydroxylation sites is 2. The molecule has 1 unspecified atom stereocenters. The fourth-order valence-electron chi connectivity index (χ4n) is 2.49. The predicted octanol–water partition coefficient (Wildman–Crippen LogP) is 3.87. The zero-order valence-electron chi connectivity index (χ0n) is 14.3. The summed E-state index contributed by atoms with van der Waals surface area (Å²) >= 11 is 0. The summed E-state index contributed by atoms with van der Waals surface area (Å²) in [5.41, 5.74) is 0. The second kappa shape index (κ2) is 9.08. The van der Waals surface area contributed by atoms with E-state index in [4.69, 9.17) is 9.47 Å². The molecule has 2 N–H and O–H groups in total. The Morgan fingerprint density at radius 2 is 1.44 bits per heavy atom. The first kappa shape index (κ1) is 18.8. The van der Waals surface area contributed by atoms with E-state index in [9.17, 15) is 15.0 Å². The third-order valence-electron chi connectivity index (χ3n) is 3.84. The monoisotopic (exact) mass is 344 g/mol. The van der Waals surface area contributed by atoms with Gasteiger partial charge in [0.1, 0.15) is 17.6 Å². The molecule has 0 saturated heterocycles. The maximum absolute atomic E-state index is 12.1. The van der Waals surface area contributed by atoms with Gasteiger partial charge in [0.25, 0.3) is 0 Å². The summed E-state index contributed by atoms with van der Waals surface area (Å²) in [6.45, 7) is 2.04. The molecule has 0 heterocycles. The second-order valence-electron chi connectivity index (χ2n) is 5.81. The molecule has 5 nitrogen and oxygen atoms in total. The van der Waals surface area contributed by atoms with Crippen LogP contribution >= 0.6 is 0 Å². The molecule has 0 aliphatic carbocycles. The second-order valence-corrected chi connectivity index (χ2v) is 5.81. The minimum atomic E-state index is -2.21. The number of rotatable bonds is 10. The first-order valence-electron chi connectivity index (χ1n) is 8.48. The topological polar surface area (TPSA) is 76.0 Å². The minimum absolute atomic E-state index is 0.264. The van der Waals surface area contributed by atoms with Crippen LogP contribution in [0.5, 0.6) is 11.5 Å². The van der Waals surface area contributed by atoms with Gasteiger partial charge in [0.05, 0.1) is 0 Å². The van der Waals surface area contributed by atoms with Gasteiger partial charge in [-0.3, -0.25) is 0 Å². The Hall–Kier alpha value is -2.53. The average Bonchev–Trinajstić information content (AvgIpc) is 2.62. The molecule has 2 aromatic carbocycles. The lowest BCUT2D eigenvalue weighted by molar-refractivity contribution is -0.214. The normalized spacial score (nSPS) is 12.4. The number of hydrogen-bond acceptors (Lipinski definition) is 4. The van der Waals surface area contributed by atoms with Crippen molar-refractivity contribution in [1.82, 2.24) is 0 Å². The third kappa shape index (κ3) is 4.97. The predicted molar refractivity (Wildman–Crippen MR) is 94.7 cm³/mol. The van der Waals surface area contributed by atoms with Crippen molar-refractivity contribution in [2.45, 2.75) is 44.5 Å². The maximum atomic E-state index is 12.1. The van der Waals surface area contributed by atoms with E-state index in [2.05, 4.69) is 0 Å². The molecule has 134 valence electrons. The number of ether oxygens (including phenoxy) is 2. The van der Waals surface area contributed by atoms with Gasteiger partial charge in [-0.1, -0.05) is 62.6 Å². The first-order chi connectivity index (χ1) is 12.1. The smallest absolute Gasteiger partial charge is 0.393 e. The molecular weight excluding hydrogens is 320 g/mol. The molecule has 0 spiro atoms. The number of aliphatic carboxylic acids is 1. The molecule has 5 heteroatoms. The molecule has 0 radical (unpaired) electrons. The summed E-state index contributed by atoms with van der Waals surface area (Å²) in [4.78, 5) is 12.1. The number of aliphatic hydroxyl groups is 1. The van der Waals surface area contributed by atoms with Gasteiger partial charge in [-0.15, -0.1) is 0 Å². The summed E-state index contributed by atoms with van der Waals surface area (Å²) in [6.07, 6.45) is 1.48. The van der Waals surface area contributed by atoms with E-state index in [0.717, 1.165) is 12.8 Å². The van der Waals surface area contributed by atoms with Crippen molar-refractivity contribution in [1.29, 1.82) is 0 Å². The highest BCUT2D eigenvalue weighted by molar-refractivity contribution is 5.77. The van der Waals surface area contributed by atoms with Gasteiger partial charge in [0.2, 0.25) is 0 Å². The summed E-state index contributed by atoms with van der Waals surface area (Å²) in [5.74, 6) is -2.95. The van der Waals surface area contributed by atoms with E-state index in [0.29, 0.717) is 17.9 Å². The van der Waals surface area contributed by atoms with E-state index in [1.807, 2.05) is 6.92 Å². The van der Waals surface area contributed by atoms with Gasteiger partial charge in [-0.25, -0.2) is 4.79 Å². The number of aliphatic hydroxyl groups excluding tert-OH is 1. The molecule has 1 atom stereocenters. The highest BCUT2D eigenvalue weighted by atomic mass is 16.7. The van der Waals surface area contributed by atoms with Crippen molar-refractivity contribution in [2.24, 2.45) is 0 Å². The fourth-order valence-corrected chi connectivity index (χ4v) is 2.49. The van der Waals surface area contributed by atoms with Gasteiger partial charge in [0.15, 0.2) is 0 Å². The van der Waals surface area contributed by atoms with E-state index in [-0.39, 0.29) is 6.42 Å². The van der Waals surface area contributed by atoms with Gasteiger partial charge < -0.3 is 19.7 Å². The van der Waals surface area contributed by atoms with Crippen LogP contribution in [0.25, 0.3) is 0 Å². The molecule has 0 aliphatic rings. The largest absolute Gasteiger partial charge is 0.475 e. The maximum Gasteiger partial charge on any atom is 0.393 e. The minimum Gasteiger partial charge on any atom is -0.475 e. The molecule has 0 amide bonds. The number of carboxylic acid groups (broad SMARTS) is 1. The number of carboxylic acids is 1. The van der Waals surface area contributed by atoms with Crippen LogP contribution in [0.1, 0.15) is 32.6 Å². The first-order valence-corrected chi connectivity index (χ1v) is 8.48. The van der Waals surface area contributed by atoms with Crippen LogP contribution in [0.4, 0.5) is 0 Å². The Kier molecular flexibility index (Phi) is 6.83. The Labute approximate surface area is 147 Å². The summed E-state index contributed by atoms with van der Waals surface area (Å²) in [6, 6.07) is 17.0. The van der Waals surface area contributed by atoms with Crippen LogP contribution in [0, 0.1) is 0 Å². The summed E-state index contributed by atoms with van der Waals surface area (Å²) < 4.78 is 11.4. The molecule has 0 bridgehead atoms. The van der Waals surface area contributed by atoms with Gasteiger partial charge in [0, 0.05) is 0 Å². The van der Waals surface area contributed by atoms with Crippen molar-refractivity contribution in [3.05, 3.63) is 60.7 Å². The van der Waals surface area contributed by atoms with Crippen molar-refractivity contribution in [3.63, 3.8) is 0 Å². The van der Waals surface area contributed by atoms with Crippen molar-refractivity contribution in [2.75, 3.05) is 0 Å². The van der Waals surface area contributed by atoms with Crippen molar-refractivity contribution < 1.29 is 24.5 Å². The van der Waals surface area contributed by atoms with E-state index in [1.165, 1.54) is 0 Å².